The molecule has 20 heavy (non-hydrogen) atoms. The molecule has 0 radical (unpaired) electrons. The van der Waals surface area contributed by atoms with Crippen molar-refractivity contribution in [2.45, 2.75) is 13.3 Å². The predicted octanol–water partition coefficient (Wildman–Crippen LogP) is 2.78. The minimum Gasteiger partial charge on any atom is -0.305 e. The summed E-state index contributed by atoms with van der Waals surface area (Å²) in [5, 5.41) is 8.45. The third kappa shape index (κ3) is 2.49. The van der Waals surface area contributed by atoms with Crippen molar-refractivity contribution < 1.29 is 22.4 Å². The van der Waals surface area contributed by atoms with E-state index in [2.05, 4.69) is 15.5 Å². The molecule has 0 saturated heterocycles. The maximum atomic E-state index is 13.4. The molecule has 2 aromatic rings. The van der Waals surface area contributed by atoms with Gasteiger partial charge >= 0.3 is 0 Å². The van der Waals surface area contributed by atoms with Crippen LogP contribution in [0.4, 0.5) is 23.4 Å². The molecule has 2 N–H and O–H groups in total. The molecule has 0 atom stereocenters. The zero-order chi connectivity index (χ0) is 14.9. The topological polar surface area (TPSA) is 57.8 Å². The Morgan fingerprint density at radius 2 is 1.90 bits per heavy atom. The predicted molar refractivity (Wildman–Crippen MR) is 62.2 cm³/mol. The van der Waals surface area contributed by atoms with Crippen molar-refractivity contribution in [3.05, 3.63) is 46.7 Å². The van der Waals surface area contributed by atoms with E-state index in [0.29, 0.717) is 12.1 Å². The Labute approximate surface area is 110 Å². The Kier molecular flexibility index (Phi) is 3.73. The number of benzene rings is 1. The number of carbonyl (C=O) groups is 1. The van der Waals surface area contributed by atoms with Crippen molar-refractivity contribution in [1.29, 1.82) is 0 Å². The van der Waals surface area contributed by atoms with E-state index >= 15 is 0 Å². The lowest BCUT2D eigenvalue weighted by Gasteiger charge is -2.05. The molecule has 0 aliphatic carbocycles. The molecule has 1 heterocycles. The summed E-state index contributed by atoms with van der Waals surface area (Å²) in [6, 6.07) is 1.77. The third-order valence-electron chi connectivity index (χ3n) is 2.60. The number of aromatic nitrogens is 2. The van der Waals surface area contributed by atoms with Crippen LogP contribution in [0.2, 0.25) is 0 Å². The SMILES string of the molecule is CCc1cc(NC(=O)c2cc(F)c(F)c(F)c2F)n[nH]1. The Bertz CT molecular complexity index is 669. The van der Waals surface area contributed by atoms with Crippen LogP contribution >= 0.6 is 0 Å². The monoisotopic (exact) mass is 287 g/mol. The first-order valence-corrected chi connectivity index (χ1v) is 5.62. The van der Waals surface area contributed by atoms with E-state index in [9.17, 15) is 22.4 Å². The first-order chi connectivity index (χ1) is 9.43. The number of amides is 1. The summed E-state index contributed by atoms with van der Waals surface area (Å²) in [5.41, 5.74) is -0.236. The number of nitrogens with one attached hydrogen (secondary N) is 2. The maximum Gasteiger partial charge on any atom is 0.260 e. The summed E-state index contributed by atoms with van der Waals surface area (Å²) < 4.78 is 52.2. The van der Waals surface area contributed by atoms with Crippen molar-refractivity contribution in [3.8, 4) is 0 Å². The summed E-state index contributed by atoms with van der Waals surface area (Å²) in [6.07, 6.45) is 0.622. The van der Waals surface area contributed by atoms with Crippen LogP contribution in [0.5, 0.6) is 0 Å². The molecule has 8 heteroatoms. The van der Waals surface area contributed by atoms with Gasteiger partial charge in [-0.05, 0) is 12.5 Å². The summed E-state index contributed by atoms with van der Waals surface area (Å²) in [7, 11) is 0. The zero-order valence-corrected chi connectivity index (χ0v) is 10.2. The minimum atomic E-state index is -2.04. The standard InChI is InChI=1S/C12H9F4N3O/c1-2-5-3-8(19-18-5)17-12(20)6-4-7(13)10(15)11(16)9(6)14/h3-4H,2H2,1H3,(H2,17,18,19,20). The number of hydrogen-bond donors (Lipinski definition) is 2. The molecule has 0 bridgehead atoms. The normalized spacial score (nSPS) is 10.7. The molecular weight excluding hydrogens is 278 g/mol. The van der Waals surface area contributed by atoms with E-state index in [1.807, 2.05) is 6.92 Å². The van der Waals surface area contributed by atoms with Crippen molar-refractivity contribution in [2.75, 3.05) is 5.32 Å². The summed E-state index contributed by atoms with van der Waals surface area (Å²) >= 11 is 0. The van der Waals surface area contributed by atoms with Gasteiger partial charge in [0.05, 0.1) is 5.56 Å². The van der Waals surface area contributed by atoms with Crippen LogP contribution in [-0.4, -0.2) is 16.1 Å². The van der Waals surface area contributed by atoms with E-state index < -0.39 is 34.7 Å². The molecule has 0 spiro atoms. The average molecular weight is 287 g/mol. The van der Waals surface area contributed by atoms with Gasteiger partial charge in [-0.2, -0.15) is 5.10 Å². The number of carbonyl (C=O) groups excluding carboxylic acids is 1. The van der Waals surface area contributed by atoms with Crippen LogP contribution < -0.4 is 5.32 Å². The van der Waals surface area contributed by atoms with E-state index in [-0.39, 0.29) is 11.9 Å². The largest absolute Gasteiger partial charge is 0.305 e. The second-order valence-corrected chi connectivity index (χ2v) is 3.93. The number of anilines is 1. The lowest BCUT2D eigenvalue weighted by atomic mass is 10.1. The molecule has 0 unspecified atom stereocenters. The summed E-state index contributed by atoms with van der Waals surface area (Å²) in [6.45, 7) is 1.84. The molecule has 1 aromatic heterocycles. The van der Waals surface area contributed by atoms with Gasteiger partial charge in [-0.1, -0.05) is 6.92 Å². The quantitative estimate of drug-likeness (QED) is 0.518. The van der Waals surface area contributed by atoms with Gasteiger partial charge < -0.3 is 5.32 Å². The van der Waals surface area contributed by atoms with E-state index in [1.165, 1.54) is 6.07 Å². The van der Waals surface area contributed by atoms with Crippen LogP contribution in [0.25, 0.3) is 0 Å². The van der Waals surface area contributed by atoms with Gasteiger partial charge in [0.2, 0.25) is 0 Å². The fourth-order valence-corrected chi connectivity index (χ4v) is 1.53. The number of nitrogens with zero attached hydrogens (tertiary/aromatic N) is 1. The fraction of sp³-hybridized carbons (Fsp3) is 0.167. The molecular formula is C12H9F4N3O. The smallest absolute Gasteiger partial charge is 0.260 e. The van der Waals surface area contributed by atoms with Crippen molar-refractivity contribution >= 4 is 11.7 Å². The molecule has 0 saturated carbocycles. The number of halogens is 4. The highest BCUT2D eigenvalue weighted by atomic mass is 19.2. The van der Waals surface area contributed by atoms with Crippen LogP contribution in [0.3, 0.4) is 0 Å². The third-order valence-corrected chi connectivity index (χ3v) is 2.60. The second kappa shape index (κ2) is 5.32. The molecule has 1 aromatic carbocycles. The van der Waals surface area contributed by atoms with Gasteiger partial charge in [0.1, 0.15) is 0 Å². The van der Waals surface area contributed by atoms with E-state index in [0.717, 1.165) is 0 Å². The lowest BCUT2D eigenvalue weighted by molar-refractivity contribution is 0.102. The highest BCUT2D eigenvalue weighted by molar-refractivity contribution is 6.04. The van der Waals surface area contributed by atoms with Gasteiger partial charge in [-0.3, -0.25) is 9.89 Å². The van der Waals surface area contributed by atoms with Gasteiger partial charge in [0.15, 0.2) is 29.1 Å². The van der Waals surface area contributed by atoms with Gasteiger partial charge in [0.25, 0.3) is 5.91 Å². The van der Waals surface area contributed by atoms with E-state index in [1.54, 1.807) is 0 Å². The molecule has 106 valence electrons. The fourth-order valence-electron chi connectivity index (χ4n) is 1.53. The first-order valence-electron chi connectivity index (χ1n) is 5.62. The molecule has 4 nitrogen and oxygen atoms in total. The summed E-state index contributed by atoms with van der Waals surface area (Å²) in [5.74, 6) is -8.47. The number of hydrogen-bond acceptors (Lipinski definition) is 2. The van der Waals surface area contributed by atoms with Crippen LogP contribution in [0.1, 0.15) is 23.0 Å². The summed E-state index contributed by atoms with van der Waals surface area (Å²) in [4.78, 5) is 11.7. The zero-order valence-electron chi connectivity index (χ0n) is 10.2. The van der Waals surface area contributed by atoms with Crippen LogP contribution in [-0.2, 0) is 6.42 Å². The van der Waals surface area contributed by atoms with Gasteiger partial charge in [-0.15, -0.1) is 0 Å². The highest BCUT2D eigenvalue weighted by Crippen LogP contribution is 2.19. The Balaban J connectivity index is 2.30. The number of rotatable bonds is 3. The van der Waals surface area contributed by atoms with Crippen molar-refractivity contribution in [3.63, 3.8) is 0 Å². The highest BCUT2D eigenvalue weighted by Gasteiger charge is 2.23. The number of aromatic amines is 1. The van der Waals surface area contributed by atoms with Gasteiger partial charge in [0, 0.05) is 11.8 Å². The second-order valence-electron chi connectivity index (χ2n) is 3.93. The Morgan fingerprint density at radius 3 is 2.50 bits per heavy atom. The lowest BCUT2D eigenvalue weighted by Crippen LogP contribution is -2.16. The van der Waals surface area contributed by atoms with Crippen LogP contribution in [0.15, 0.2) is 12.1 Å². The average Bonchev–Trinajstić information content (AvgIpc) is 2.88. The molecule has 0 fully saturated rings. The minimum absolute atomic E-state index is 0.0661. The van der Waals surface area contributed by atoms with Crippen molar-refractivity contribution in [1.82, 2.24) is 10.2 Å². The molecule has 1 amide bonds. The molecule has 0 aliphatic heterocycles. The Morgan fingerprint density at radius 1 is 1.20 bits per heavy atom. The van der Waals surface area contributed by atoms with E-state index in [4.69, 9.17) is 0 Å². The maximum absolute atomic E-state index is 13.4. The molecule has 2 rings (SSSR count). The number of H-pyrrole nitrogens is 1. The van der Waals surface area contributed by atoms with Gasteiger partial charge in [-0.25, -0.2) is 17.6 Å². The Hall–Kier alpha value is -2.38. The van der Waals surface area contributed by atoms with Crippen molar-refractivity contribution in [2.24, 2.45) is 0 Å². The van der Waals surface area contributed by atoms with Crippen LogP contribution in [0, 0.1) is 23.3 Å². The first kappa shape index (κ1) is 14.0. The molecule has 0 aliphatic rings. The number of aryl methyl sites for hydroxylation is 1.